The largest absolute Gasteiger partial charge is 0.328 e. The lowest BCUT2D eigenvalue weighted by Gasteiger charge is -2.33. The van der Waals surface area contributed by atoms with Crippen molar-refractivity contribution in [3.05, 3.63) is 35.6 Å². The molecule has 3 rings (SSSR count). The minimum atomic E-state index is -0.509. The van der Waals surface area contributed by atoms with Crippen LogP contribution in [0.25, 0.3) is 0 Å². The third kappa shape index (κ3) is 2.39. The summed E-state index contributed by atoms with van der Waals surface area (Å²) in [4.78, 5) is 14.2. The number of nitrogens with zero attached hydrogens (tertiary/aromatic N) is 1. The summed E-state index contributed by atoms with van der Waals surface area (Å²) >= 11 is 0. The molecule has 1 saturated heterocycles. The lowest BCUT2D eigenvalue weighted by atomic mass is 9.88. The van der Waals surface area contributed by atoms with Crippen LogP contribution in [0.15, 0.2) is 24.3 Å². The number of benzene rings is 1. The fraction of sp³-hybridized carbons (Fsp3) is 0.562. The third-order valence-electron chi connectivity index (χ3n) is 4.59. The van der Waals surface area contributed by atoms with Gasteiger partial charge in [0.1, 0.15) is 5.82 Å². The van der Waals surface area contributed by atoms with Gasteiger partial charge in [-0.2, -0.15) is 0 Å². The highest BCUT2D eigenvalue weighted by atomic mass is 19.1. The van der Waals surface area contributed by atoms with Gasteiger partial charge in [-0.05, 0) is 31.7 Å². The van der Waals surface area contributed by atoms with E-state index in [1.165, 1.54) is 6.07 Å². The topological polar surface area (TPSA) is 32.3 Å². The summed E-state index contributed by atoms with van der Waals surface area (Å²) in [5.74, 6) is -0.212. The molecule has 1 aliphatic heterocycles. The molecule has 1 aromatic carbocycles. The molecule has 108 valence electrons. The average Bonchev–Trinajstić information content (AvgIpc) is 3.10. The molecular weight excluding hydrogens is 255 g/mol. The van der Waals surface area contributed by atoms with Crippen LogP contribution in [0.5, 0.6) is 0 Å². The van der Waals surface area contributed by atoms with Crippen molar-refractivity contribution < 1.29 is 9.18 Å². The fourth-order valence-electron chi connectivity index (χ4n) is 3.49. The van der Waals surface area contributed by atoms with Gasteiger partial charge in [-0.1, -0.05) is 31.0 Å². The lowest BCUT2D eigenvalue weighted by Crippen LogP contribution is -2.49. The Morgan fingerprint density at radius 3 is 2.40 bits per heavy atom. The number of carbonyl (C=O) groups excluding carboxylic acids is 1. The molecule has 3 nitrogen and oxygen atoms in total. The third-order valence-corrected chi connectivity index (χ3v) is 4.59. The molecule has 0 unspecified atom stereocenters. The predicted molar refractivity (Wildman–Crippen MR) is 75.9 cm³/mol. The van der Waals surface area contributed by atoms with Crippen molar-refractivity contribution in [2.24, 2.45) is 0 Å². The molecule has 1 aromatic rings. The molecule has 2 fully saturated rings. The summed E-state index contributed by atoms with van der Waals surface area (Å²) in [6.07, 6.45) is 5.87. The van der Waals surface area contributed by atoms with Crippen molar-refractivity contribution >= 4 is 6.03 Å². The van der Waals surface area contributed by atoms with Crippen LogP contribution in [-0.2, 0) is 5.54 Å². The second kappa shape index (κ2) is 5.43. The Morgan fingerprint density at radius 2 is 1.75 bits per heavy atom. The molecule has 4 heteroatoms. The van der Waals surface area contributed by atoms with Crippen LogP contribution in [0.2, 0.25) is 0 Å². The van der Waals surface area contributed by atoms with E-state index in [0.29, 0.717) is 5.56 Å². The van der Waals surface area contributed by atoms with E-state index in [1.54, 1.807) is 6.07 Å². The van der Waals surface area contributed by atoms with Crippen LogP contribution < -0.4 is 5.32 Å². The maximum atomic E-state index is 14.1. The van der Waals surface area contributed by atoms with Crippen molar-refractivity contribution in [1.29, 1.82) is 0 Å². The Hall–Kier alpha value is -1.58. The van der Waals surface area contributed by atoms with E-state index in [2.05, 4.69) is 5.32 Å². The van der Waals surface area contributed by atoms with E-state index in [-0.39, 0.29) is 11.8 Å². The number of halogens is 1. The van der Waals surface area contributed by atoms with Gasteiger partial charge in [-0.3, -0.25) is 0 Å². The first-order chi connectivity index (χ1) is 9.71. The zero-order valence-electron chi connectivity index (χ0n) is 11.7. The molecule has 1 N–H and O–H groups in total. The molecule has 0 atom stereocenters. The van der Waals surface area contributed by atoms with Crippen molar-refractivity contribution in [2.75, 3.05) is 13.1 Å². The first-order valence-corrected chi connectivity index (χ1v) is 7.53. The number of nitrogens with one attached hydrogen (secondary N) is 1. The highest BCUT2D eigenvalue weighted by Crippen LogP contribution is 2.40. The SMILES string of the molecule is O=C(NC1(c2ccccc2F)CCCC1)N1CCCC1. The molecule has 20 heavy (non-hydrogen) atoms. The Kier molecular flexibility index (Phi) is 3.64. The highest BCUT2D eigenvalue weighted by Gasteiger charge is 2.40. The predicted octanol–water partition coefficient (Wildman–Crippen LogP) is 3.40. The molecule has 1 aliphatic carbocycles. The van der Waals surface area contributed by atoms with E-state index in [9.17, 15) is 9.18 Å². The number of likely N-dealkylation sites (tertiary alicyclic amines) is 1. The zero-order valence-corrected chi connectivity index (χ0v) is 11.7. The maximum Gasteiger partial charge on any atom is 0.318 e. The number of amides is 2. The van der Waals surface area contributed by atoms with Crippen molar-refractivity contribution in [3.63, 3.8) is 0 Å². The number of carbonyl (C=O) groups is 1. The summed E-state index contributed by atoms with van der Waals surface area (Å²) in [5, 5.41) is 3.14. The average molecular weight is 276 g/mol. The quantitative estimate of drug-likeness (QED) is 0.882. The molecule has 0 bridgehead atoms. The summed E-state index contributed by atoms with van der Waals surface area (Å²) in [7, 11) is 0. The van der Waals surface area contributed by atoms with Gasteiger partial charge in [0.15, 0.2) is 0 Å². The van der Waals surface area contributed by atoms with Gasteiger partial charge in [-0.15, -0.1) is 0 Å². The fourth-order valence-corrected chi connectivity index (χ4v) is 3.49. The van der Waals surface area contributed by atoms with Gasteiger partial charge < -0.3 is 10.2 Å². The minimum Gasteiger partial charge on any atom is -0.328 e. The van der Waals surface area contributed by atoms with E-state index >= 15 is 0 Å². The van der Waals surface area contributed by atoms with Crippen LogP contribution in [0, 0.1) is 5.82 Å². The van der Waals surface area contributed by atoms with E-state index in [0.717, 1.165) is 51.6 Å². The van der Waals surface area contributed by atoms with Gasteiger partial charge in [0.2, 0.25) is 0 Å². The van der Waals surface area contributed by atoms with Crippen molar-refractivity contribution in [3.8, 4) is 0 Å². The molecule has 1 saturated carbocycles. The minimum absolute atomic E-state index is 0.0346. The second-order valence-electron chi connectivity index (χ2n) is 5.89. The van der Waals surface area contributed by atoms with E-state index < -0.39 is 5.54 Å². The molecule has 0 radical (unpaired) electrons. The van der Waals surface area contributed by atoms with Gasteiger partial charge in [0.05, 0.1) is 5.54 Å². The maximum absolute atomic E-state index is 14.1. The zero-order chi connectivity index (χ0) is 14.0. The van der Waals surface area contributed by atoms with Crippen LogP contribution >= 0.6 is 0 Å². The smallest absolute Gasteiger partial charge is 0.318 e. The normalized spacial score (nSPS) is 21.1. The first-order valence-electron chi connectivity index (χ1n) is 7.53. The number of urea groups is 1. The molecule has 2 amide bonds. The Labute approximate surface area is 119 Å². The van der Waals surface area contributed by atoms with Gasteiger partial charge in [0.25, 0.3) is 0 Å². The Balaban J connectivity index is 1.85. The molecule has 2 aliphatic rings. The Bertz CT molecular complexity index is 491. The van der Waals surface area contributed by atoms with Crippen molar-refractivity contribution in [2.45, 2.75) is 44.1 Å². The van der Waals surface area contributed by atoms with E-state index in [4.69, 9.17) is 0 Å². The molecule has 1 heterocycles. The van der Waals surface area contributed by atoms with Crippen LogP contribution in [0.1, 0.15) is 44.1 Å². The van der Waals surface area contributed by atoms with Gasteiger partial charge in [-0.25, -0.2) is 9.18 Å². The number of hydrogen-bond donors (Lipinski definition) is 1. The van der Waals surface area contributed by atoms with E-state index in [1.807, 2.05) is 17.0 Å². The number of rotatable bonds is 2. The Morgan fingerprint density at radius 1 is 1.10 bits per heavy atom. The molecule has 0 spiro atoms. The van der Waals surface area contributed by atoms with Gasteiger partial charge >= 0.3 is 6.03 Å². The lowest BCUT2D eigenvalue weighted by molar-refractivity contribution is 0.191. The standard InChI is InChI=1S/C16H21FN2O/c17-14-8-2-1-7-13(14)16(9-3-4-10-16)18-15(20)19-11-5-6-12-19/h1-2,7-8H,3-6,9-12H2,(H,18,20). The second-order valence-corrected chi connectivity index (χ2v) is 5.89. The number of hydrogen-bond acceptors (Lipinski definition) is 1. The summed E-state index contributed by atoms with van der Waals surface area (Å²) in [5.41, 5.74) is 0.135. The first kappa shape index (κ1) is 13.4. The van der Waals surface area contributed by atoms with Crippen LogP contribution in [0.4, 0.5) is 9.18 Å². The van der Waals surface area contributed by atoms with Crippen LogP contribution in [0.3, 0.4) is 0 Å². The van der Waals surface area contributed by atoms with Crippen LogP contribution in [-0.4, -0.2) is 24.0 Å². The van der Waals surface area contributed by atoms with Crippen molar-refractivity contribution in [1.82, 2.24) is 10.2 Å². The monoisotopic (exact) mass is 276 g/mol. The summed E-state index contributed by atoms with van der Waals surface area (Å²) in [6, 6.07) is 6.81. The summed E-state index contributed by atoms with van der Waals surface area (Å²) in [6.45, 7) is 1.64. The molecular formula is C16H21FN2O. The molecule has 0 aromatic heterocycles. The highest BCUT2D eigenvalue weighted by molar-refractivity contribution is 5.75. The summed E-state index contributed by atoms with van der Waals surface area (Å²) < 4.78 is 14.1. The van der Waals surface area contributed by atoms with Gasteiger partial charge in [0, 0.05) is 18.7 Å².